The van der Waals surface area contributed by atoms with E-state index in [2.05, 4.69) is 44.7 Å². The number of rotatable bonds is 6. The summed E-state index contributed by atoms with van der Waals surface area (Å²) in [4.78, 5) is 13.0. The third-order valence-electron chi connectivity index (χ3n) is 4.73. The van der Waals surface area contributed by atoms with Gasteiger partial charge in [-0.25, -0.2) is 9.97 Å². The highest BCUT2D eigenvalue weighted by atomic mass is 127. The van der Waals surface area contributed by atoms with Gasteiger partial charge in [0.1, 0.15) is 6.26 Å². The van der Waals surface area contributed by atoms with Crippen LogP contribution in [0.1, 0.15) is 16.8 Å². The van der Waals surface area contributed by atoms with Crippen molar-refractivity contribution in [1.29, 1.82) is 0 Å². The molecule has 4 rings (SSSR count). The lowest BCUT2D eigenvalue weighted by atomic mass is 10.1. The second-order valence-corrected chi connectivity index (χ2v) is 6.89. The molecule has 2 aromatic carbocycles. The van der Waals surface area contributed by atoms with Gasteiger partial charge in [0.15, 0.2) is 5.96 Å². The zero-order valence-electron chi connectivity index (χ0n) is 17.4. The van der Waals surface area contributed by atoms with E-state index in [1.165, 1.54) is 5.56 Å². The van der Waals surface area contributed by atoms with Gasteiger partial charge in [0.25, 0.3) is 0 Å². The average Bonchev–Trinajstić information content (AvgIpc) is 3.47. The Balaban J connectivity index is 0.00000272. The predicted octanol–water partition coefficient (Wildman–Crippen LogP) is 4.32. The highest BCUT2D eigenvalue weighted by Crippen LogP contribution is 2.19. The van der Waals surface area contributed by atoms with Crippen molar-refractivity contribution >= 4 is 29.9 Å². The maximum absolute atomic E-state index is 5.62. The lowest BCUT2D eigenvalue weighted by molar-refractivity contribution is 0.572. The first-order valence-electron chi connectivity index (χ1n) is 9.75. The highest BCUT2D eigenvalue weighted by molar-refractivity contribution is 14.0. The van der Waals surface area contributed by atoms with Gasteiger partial charge >= 0.3 is 0 Å². The van der Waals surface area contributed by atoms with Crippen LogP contribution in [0.4, 0.5) is 0 Å². The number of aromatic nitrogens is 3. The minimum atomic E-state index is 0. The van der Waals surface area contributed by atoms with Crippen LogP contribution in [0.2, 0.25) is 0 Å². The zero-order chi connectivity index (χ0) is 20.8. The van der Waals surface area contributed by atoms with Crippen molar-refractivity contribution < 1.29 is 4.42 Å². The highest BCUT2D eigenvalue weighted by Gasteiger charge is 2.08. The Labute approximate surface area is 198 Å². The minimum absolute atomic E-state index is 0. The molecule has 0 radical (unpaired) electrons. The molecule has 2 heterocycles. The summed E-state index contributed by atoms with van der Waals surface area (Å²) in [6.07, 6.45) is 7.17. The number of aryl methyl sites for hydroxylation is 1. The monoisotopic (exact) mass is 528 g/mol. The molecule has 0 unspecified atom stereocenters. The topological polar surface area (TPSA) is 80.3 Å². The number of guanidine groups is 1. The van der Waals surface area contributed by atoms with E-state index in [1.807, 2.05) is 47.2 Å². The van der Waals surface area contributed by atoms with Crippen LogP contribution in [0.5, 0.6) is 0 Å². The number of nitrogens with one attached hydrogen (secondary N) is 2. The number of hydrogen-bond donors (Lipinski definition) is 2. The third-order valence-corrected chi connectivity index (χ3v) is 4.73. The van der Waals surface area contributed by atoms with Crippen molar-refractivity contribution in [1.82, 2.24) is 25.2 Å². The smallest absolute Gasteiger partial charge is 0.226 e. The third kappa shape index (κ3) is 5.72. The van der Waals surface area contributed by atoms with Crippen molar-refractivity contribution in [3.8, 4) is 17.1 Å². The summed E-state index contributed by atoms with van der Waals surface area (Å²) < 4.78 is 7.62. The molecule has 0 aliphatic rings. The molecule has 31 heavy (non-hydrogen) atoms. The Morgan fingerprint density at radius 2 is 1.84 bits per heavy atom. The van der Waals surface area contributed by atoms with Gasteiger partial charge in [-0.1, -0.05) is 35.9 Å². The summed E-state index contributed by atoms with van der Waals surface area (Å²) in [6, 6.07) is 16.3. The van der Waals surface area contributed by atoms with Crippen LogP contribution in [0.3, 0.4) is 0 Å². The number of para-hydroxylation sites is 1. The van der Waals surface area contributed by atoms with Crippen LogP contribution in [0.25, 0.3) is 17.1 Å². The van der Waals surface area contributed by atoms with E-state index in [0.717, 1.165) is 22.5 Å². The Kier molecular flexibility index (Phi) is 7.82. The van der Waals surface area contributed by atoms with Crippen LogP contribution < -0.4 is 10.6 Å². The lowest BCUT2D eigenvalue weighted by Gasteiger charge is -2.14. The largest absolute Gasteiger partial charge is 0.444 e. The molecule has 0 saturated carbocycles. The van der Waals surface area contributed by atoms with Crippen molar-refractivity contribution in [2.75, 3.05) is 7.05 Å². The summed E-state index contributed by atoms with van der Waals surface area (Å²) in [5, 5.41) is 6.63. The van der Waals surface area contributed by atoms with Crippen LogP contribution in [-0.2, 0) is 13.1 Å². The number of hydrogen-bond acceptors (Lipinski definition) is 4. The van der Waals surface area contributed by atoms with Crippen molar-refractivity contribution in [2.45, 2.75) is 20.0 Å². The summed E-state index contributed by atoms with van der Waals surface area (Å²) in [5.74, 6) is 1.30. The Morgan fingerprint density at radius 3 is 2.58 bits per heavy atom. The predicted molar refractivity (Wildman–Crippen MR) is 133 cm³/mol. The van der Waals surface area contributed by atoms with Gasteiger partial charge in [0.2, 0.25) is 5.89 Å². The fraction of sp³-hybridized carbons (Fsp3) is 0.174. The van der Waals surface area contributed by atoms with Crippen LogP contribution in [-0.4, -0.2) is 27.5 Å². The number of oxazole rings is 1. The summed E-state index contributed by atoms with van der Waals surface area (Å²) >= 11 is 0. The van der Waals surface area contributed by atoms with Gasteiger partial charge in [-0.2, -0.15) is 0 Å². The standard InChI is InChI=1S/C23H24N6O.HI/c1-17-7-9-18(10-8-17)22-28-20(15-30-22)14-27-23(24-2)26-13-19-5-3-4-6-21(19)29-12-11-25-16-29;/h3-12,15-16H,13-14H2,1-2H3,(H2,24,26,27);1H. The van der Waals surface area contributed by atoms with Crippen LogP contribution in [0, 0.1) is 6.92 Å². The van der Waals surface area contributed by atoms with Gasteiger partial charge in [-0.05, 0) is 30.7 Å². The van der Waals surface area contributed by atoms with E-state index in [0.29, 0.717) is 24.9 Å². The fourth-order valence-electron chi connectivity index (χ4n) is 3.10. The maximum Gasteiger partial charge on any atom is 0.226 e. The molecule has 7 nitrogen and oxygen atoms in total. The van der Waals surface area contributed by atoms with Gasteiger partial charge < -0.3 is 19.6 Å². The Hall–Kier alpha value is -3.14. The van der Waals surface area contributed by atoms with Crippen molar-refractivity contribution in [3.05, 3.63) is 90.3 Å². The number of imidazole rings is 1. The molecule has 0 aliphatic heterocycles. The van der Waals surface area contributed by atoms with Gasteiger partial charge in [0, 0.05) is 31.5 Å². The maximum atomic E-state index is 5.62. The minimum Gasteiger partial charge on any atom is -0.444 e. The second kappa shape index (κ2) is 10.8. The van der Waals surface area contributed by atoms with E-state index in [1.54, 1.807) is 25.8 Å². The van der Waals surface area contributed by atoms with E-state index in [9.17, 15) is 0 Å². The van der Waals surface area contributed by atoms with E-state index in [4.69, 9.17) is 4.42 Å². The summed E-state index contributed by atoms with van der Waals surface area (Å²) in [7, 11) is 1.75. The molecular weight excluding hydrogens is 503 g/mol. The number of halogens is 1. The van der Waals surface area contributed by atoms with Gasteiger partial charge in [-0.3, -0.25) is 4.99 Å². The average molecular weight is 528 g/mol. The number of benzene rings is 2. The molecule has 0 amide bonds. The SMILES string of the molecule is CN=C(NCc1coc(-c2ccc(C)cc2)n1)NCc1ccccc1-n1ccnc1.I. The molecule has 0 aliphatic carbocycles. The quantitative estimate of drug-likeness (QED) is 0.222. The Bertz CT molecular complexity index is 1120. The van der Waals surface area contributed by atoms with Crippen LogP contribution >= 0.6 is 24.0 Å². The number of nitrogens with zero attached hydrogens (tertiary/aromatic N) is 4. The van der Waals surface area contributed by atoms with Crippen LogP contribution in [0.15, 0.2) is 82.9 Å². The van der Waals surface area contributed by atoms with Crippen molar-refractivity contribution in [2.24, 2.45) is 4.99 Å². The first-order valence-corrected chi connectivity index (χ1v) is 9.75. The van der Waals surface area contributed by atoms with E-state index in [-0.39, 0.29) is 24.0 Å². The first-order chi connectivity index (χ1) is 14.7. The lowest BCUT2D eigenvalue weighted by Crippen LogP contribution is -2.36. The molecule has 0 spiro atoms. The molecule has 4 aromatic rings. The molecule has 0 atom stereocenters. The van der Waals surface area contributed by atoms with E-state index >= 15 is 0 Å². The molecular formula is C23H25IN6O. The van der Waals surface area contributed by atoms with Gasteiger partial charge in [0.05, 0.1) is 24.3 Å². The second-order valence-electron chi connectivity index (χ2n) is 6.89. The molecule has 2 aromatic heterocycles. The summed E-state index contributed by atoms with van der Waals surface area (Å²) in [6.45, 7) is 3.20. The van der Waals surface area contributed by atoms with Gasteiger partial charge in [-0.15, -0.1) is 24.0 Å². The molecule has 0 fully saturated rings. The normalized spacial score (nSPS) is 11.1. The molecule has 0 saturated heterocycles. The number of aliphatic imine (C=N–C) groups is 1. The van der Waals surface area contributed by atoms with E-state index < -0.39 is 0 Å². The summed E-state index contributed by atoms with van der Waals surface area (Å²) in [5.41, 5.74) is 5.20. The molecule has 8 heteroatoms. The zero-order valence-corrected chi connectivity index (χ0v) is 19.8. The fourth-order valence-corrected chi connectivity index (χ4v) is 3.10. The molecule has 160 valence electrons. The molecule has 0 bridgehead atoms. The molecule has 2 N–H and O–H groups in total. The Morgan fingerprint density at radius 1 is 1.06 bits per heavy atom. The first kappa shape index (κ1) is 22.5. The van der Waals surface area contributed by atoms with Crippen molar-refractivity contribution in [3.63, 3.8) is 0 Å².